The average molecular weight is 412 g/mol. The number of hydrogen-bond acceptors (Lipinski definition) is 5. The first-order valence-electron chi connectivity index (χ1n) is 9.53. The van der Waals surface area contributed by atoms with E-state index in [2.05, 4.69) is 10.6 Å². The number of ether oxygens (including phenoxy) is 3. The molecular weight excluding hydrogens is 384 g/mol. The van der Waals surface area contributed by atoms with Gasteiger partial charge in [0.1, 0.15) is 0 Å². The topological polar surface area (TPSA) is 85.9 Å². The molecule has 2 rings (SSSR count). The van der Waals surface area contributed by atoms with Gasteiger partial charge in [-0.15, -0.1) is 0 Å². The summed E-state index contributed by atoms with van der Waals surface area (Å²) in [6.45, 7) is 4.05. The highest BCUT2D eigenvalue weighted by molar-refractivity contribution is 5.92. The van der Waals surface area contributed by atoms with Crippen molar-refractivity contribution >= 4 is 23.6 Å². The number of rotatable bonds is 9. The van der Waals surface area contributed by atoms with Crippen LogP contribution >= 0.6 is 0 Å². The summed E-state index contributed by atoms with van der Waals surface area (Å²) >= 11 is 0. The van der Waals surface area contributed by atoms with E-state index in [-0.39, 0.29) is 17.7 Å². The van der Waals surface area contributed by atoms with Gasteiger partial charge in [0.05, 0.1) is 21.3 Å². The smallest absolute Gasteiger partial charge is 0.244 e. The maximum Gasteiger partial charge on any atom is 0.244 e. The fourth-order valence-corrected chi connectivity index (χ4v) is 2.61. The van der Waals surface area contributed by atoms with Gasteiger partial charge in [-0.25, -0.2) is 0 Å². The molecule has 7 heteroatoms. The average Bonchev–Trinajstić information content (AvgIpc) is 2.76. The molecule has 0 aliphatic rings. The molecule has 2 aromatic carbocycles. The normalized spacial score (nSPS) is 10.7. The number of benzene rings is 2. The Labute approximate surface area is 177 Å². The lowest BCUT2D eigenvalue weighted by atomic mass is 10.1. The van der Waals surface area contributed by atoms with E-state index in [1.807, 2.05) is 38.1 Å². The van der Waals surface area contributed by atoms with Crippen LogP contribution in [0.15, 0.2) is 42.5 Å². The Balaban J connectivity index is 1.96. The monoisotopic (exact) mass is 412 g/mol. The standard InChI is InChI=1S/C23H28N2O5/c1-15(2)23(27)25-18-9-6-16(7-10-18)14-24-21(26)11-8-17-12-19(28-3)22(30-5)20(13-17)29-4/h6-13,15H,14H2,1-5H3,(H,24,26)(H,25,27)/b11-8+. The van der Waals surface area contributed by atoms with E-state index in [0.717, 1.165) is 16.8 Å². The number of amides is 2. The van der Waals surface area contributed by atoms with Crippen LogP contribution in [-0.4, -0.2) is 33.1 Å². The van der Waals surface area contributed by atoms with Gasteiger partial charge in [-0.3, -0.25) is 9.59 Å². The van der Waals surface area contributed by atoms with Gasteiger partial charge in [-0.2, -0.15) is 0 Å². The maximum absolute atomic E-state index is 12.2. The van der Waals surface area contributed by atoms with Gasteiger partial charge in [0.2, 0.25) is 17.6 Å². The summed E-state index contributed by atoms with van der Waals surface area (Å²) in [6.07, 6.45) is 3.11. The van der Waals surface area contributed by atoms with Gasteiger partial charge in [0.15, 0.2) is 11.5 Å². The Morgan fingerprint density at radius 2 is 1.57 bits per heavy atom. The first-order chi connectivity index (χ1) is 14.4. The molecule has 0 unspecified atom stereocenters. The molecule has 0 aliphatic carbocycles. The number of anilines is 1. The molecule has 2 aromatic rings. The van der Waals surface area contributed by atoms with E-state index >= 15 is 0 Å². The Bertz CT molecular complexity index is 879. The minimum Gasteiger partial charge on any atom is -0.493 e. The number of carbonyl (C=O) groups is 2. The van der Waals surface area contributed by atoms with Gasteiger partial charge in [0, 0.05) is 24.2 Å². The predicted molar refractivity (Wildman–Crippen MR) is 117 cm³/mol. The van der Waals surface area contributed by atoms with E-state index in [0.29, 0.717) is 23.8 Å². The van der Waals surface area contributed by atoms with Crippen LogP contribution < -0.4 is 24.8 Å². The fourth-order valence-electron chi connectivity index (χ4n) is 2.61. The van der Waals surface area contributed by atoms with Crippen LogP contribution in [0.3, 0.4) is 0 Å². The SMILES string of the molecule is COc1cc(/C=C/C(=O)NCc2ccc(NC(=O)C(C)C)cc2)cc(OC)c1OC. The molecule has 2 amide bonds. The van der Waals surface area contributed by atoms with Gasteiger partial charge in [0.25, 0.3) is 0 Å². The van der Waals surface area contributed by atoms with Gasteiger partial charge >= 0.3 is 0 Å². The highest BCUT2D eigenvalue weighted by atomic mass is 16.5. The van der Waals surface area contributed by atoms with Crippen LogP contribution in [0.4, 0.5) is 5.69 Å². The lowest BCUT2D eigenvalue weighted by Gasteiger charge is -2.12. The second-order valence-electron chi connectivity index (χ2n) is 6.85. The molecule has 0 saturated heterocycles. The van der Waals surface area contributed by atoms with E-state index in [1.165, 1.54) is 27.4 Å². The Hall–Kier alpha value is -3.48. The van der Waals surface area contributed by atoms with E-state index in [4.69, 9.17) is 14.2 Å². The zero-order chi connectivity index (χ0) is 22.1. The van der Waals surface area contributed by atoms with Crippen molar-refractivity contribution in [2.24, 2.45) is 5.92 Å². The summed E-state index contributed by atoms with van der Waals surface area (Å²) in [4.78, 5) is 23.9. The molecule has 160 valence electrons. The minimum atomic E-state index is -0.235. The number of methoxy groups -OCH3 is 3. The van der Waals surface area contributed by atoms with Crippen molar-refractivity contribution in [1.82, 2.24) is 5.32 Å². The summed E-state index contributed by atoms with van der Waals surface area (Å²) in [5.74, 6) is 1.17. The quantitative estimate of drug-likeness (QED) is 0.614. The fraction of sp³-hybridized carbons (Fsp3) is 0.304. The second-order valence-corrected chi connectivity index (χ2v) is 6.85. The van der Waals surface area contributed by atoms with Crippen molar-refractivity contribution in [2.75, 3.05) is 26.6 Å². The van der Waals surface area contributed by atoms with Crippen molar-refractivity contribution in [3.8, 4) is 17.2 Å². The largest absolute Gasteiger partial charge is 0.493 e. The molecule has 2 N–H and O–H groups in total. The number of nitrogens with one attached hydrogen (secondary N) is 2. The Kier molecular flexibility index (Phi) is 8.29. The third-order valence-corrected chi connectivity index (χ3v) is 4.33. The molecule has 0 spiro atoms. The highest BCUT2D eigenvalue weighted by Gasteiger charge is 2.12. The van der Waals surface area contributed by atoms with Crippen LogP contribution in [0.2, 0.25) is 0 Å². The third-order valence-electron chi connectivity index (χ3n) is 4.33. The molecular formula is C23H28N2O5. The van der Waals surface area contributed by atoms with Crippen molar-refractivity contribution < 1.29 is 23.8 Å². The van der Waals surface area contributed by atoms with Crippen molar-refractivity contribution in [1.29, 1.82) is 0 Å². The lowest BCUT2D eigenvalue weighted by Crippen LogP contribution is -2.20. The van der Waals surface area contributed by atoms with E-state index < -0.39 is 0 Å². The molecule has 0 aromatic heterocycles. The minimum absolute atomic E-state index is 0.0343. The molecule has 0 fully saturated rings. The molecule has 0 bridgehead atoms. The molecule has 0 saturated carbocycles. The molecule has 0 radical (unpaired) electrons. The summed E-state index contributed by atoms with van der Waals surface area (Å²) in [5, 5.41) is 5.66. The zero-order valence-electron chi connectivity index (χ0n) is 17.9. The summed E-state index contributed by atoms with van der Waals surface area (Å²) in [7, 11) is 4.61. The van der Waals surface area contributed by atoms with Crippen LogP contribution in [0.25, 0.3) is 6.08 Å². The van der Waals surface area contributed by atoms with E-state index in [1.54, 1.807) is 18.2 Å². The van der Waals surface area contributed by atoms with Gasteiger partial charge in [-0.05, 0) is 41.5 Å². The maximum atomic E-state index is 12.2. The first-order valence-corrected chi connectivity index (χ1v) is 9.53. The predicted octanol–water partition coefficient (Wildman–Crippen LogP) is 3.64. The van der Waals surface area contributed by atoms with Crippen LogP contribution in [0, 0.1) is 5.92 Å². The van der Waals surface area contributed by atoms with Gasteiger partial charge in [-0.1, -0.05) is 26.0 Å². The Morgan fingerprint density at radius 3 is 2.07 bits per heavy atom. The third kappa shape index (κ3) is 6.27. The van der Waals surface area contributed by atoms with Gasteiger partial charge < -0.3 is 24.8 Å². The zero-order valence-corrected chi connectivity index (χ0v) is 17.9. The summed E-state index contributed by atoms with van der Waals surface area (Å²) in [6, 6.07) is 10.9. The van der Waals surface area contributed by atoms with Crippen molar-refractivity contribution in [2.45, 2.75) is 20.4 Å². The number of hydrogen-bond donors (Lipinski definition) is 2. The highest BCUT2D eigenvalue weighted by Crippen LogP contribution is 2.38. The molecule has 0 atom stereocenters. The van der Waals surface area contributed by atoms with Crippen LogP contribution in [0.1, 0.15) is 25.0 Å². The van der Waals surface area contributed by atoms with Crippen LogP contribution in [0.5, 0.6) is 17.2 Å². The van der Waals surface area contributed by atoms with Crippen molar-refractivity contribution in [3.05, 3.63) is 53.6 Å². The van der Waals surface area contributed by atoms with Crippen LogP contribution in [-0.2, 0) is 16.1 Å². The summed E-state index contributed by atoms with van der Waals surface area (Å²) in [5.41, 5.74) is 2.39. The lowest BCUT2D eigenvalue weighted by molar-refractivity contribution is -0.119. The summed E-state index contributed by atoms with van der Waals surface area (Å²) < 4.78 is 15.9. The van der Waals surface area contributed by atoms with Crippen molar-refractivity contribution in [3.63, 3.8) is 0 Å². The first kappa shape index (κ1) is 22.8. The molecule has 7 nitrogen and oxygen atoms in total. The Morgan fingerprint density at radius 1 is 0.967 bits per heavy atom. The molecule has 0 aliphatic heterocycles. The molecule has 30 heavy (non-hydrogen) atoms. The molecule has 0 heterocycles. The van der Waals surface area contributed by atoms with E-state index in [9.17, 15) is 9.59 Å². The number of carbonyl (C=O) groups excluding carboxylic acids is 2. The second kappa shape index (κ2) is 10.9.